The Morgan fingerprint density at radius 2 is 2.06 bits per heavy atom. The van der Waals surface area contributed by atoms with Crippen LogP contribution in [0.2, 0.25) is 0 Å². The molecule has 1 aromatic rings. The highest BCUT2D eigenvalue weighted by atomic mass is 16.4. The second-order valence-corrected chi connectivity index (χ2v) is 4.30. The molecule has 2 N–H and O–H groups in total. The first-order valence-corrected chi connectivity index (χ1v) is 5.55. The summed E-state index contributed by atoms with van der Waals surface area (Å²) >= 11 is 0. The lowest BCUT2D eigenvalue weighted by molar-refractivity contribution is -0.146. The monoisotopic (exact) mass is 232 g/mol. The van der Waals surface area contributed by atoms with Crippen LogP contribution in [0, 0.1) is 0 Å². The van der Waals surface area contributed by atoms with Gasteiger partial charge in [-0.3, -0.25) is 14.5 Å². The molecule has 1 aromatic carbocycles. The largest absolute Gasteiger partial charge is 0.480 e. The molecule has 2 aliphatic heterocycles. The van der Waals surface area contributed by atoms with E-state index in [1.54, 1.807) is 11.0 Å². The summed E-state index contributed by atoms with van der Waals surface area (Å²) in [6.45, 7) is 1.08. The maximum atomic E-state index is 11.9. The molecule has 0 saturated carbocycles. The fraction of sp³-hybridized carbons (Fsp3) is 0.333. The second-order valence-electron chi connectivity index (χ2n) is 4.30. The number of aliphatic carboxylic acids is 1. The van der Waals surface area contributed by atoms with Gasteiger partial charge in [0.1, 0.15) is 12.1 Å². The lowest BCUT2D eigenvalue weighted by Gasteiger charge is -2.31. The van der Waals surface area contributed by atoms with E-state index in [9.17, 15) is 14.7 Å². The first-order valence-electron chi connectivity index (χ1n) is 5.55. The van der Waals surface area contributed by atoms with Crippen LogP contribution < -0.4 is 5.32 Å². The quantitative estimate of drug-likeness (QED) is 0.730. The molecule has 2 unspecified atom stereocenters. The first kappa shape index (κ1) is 10.3. The minimum Gasteiger partial charge on any atom is -0.480 e. The zero-order valence-corrected chi connectivity index (χ0v) is 9.09. The van der Waals surface area contributed by atoms with Crippen molar-refractivity contribution in [3.05, 3.63) is 35.4 Å². The number of rotatable bonds is 1. The van der Waals surface area contributed by atoms with Crippen molar-refractivity contribution in [2.45, 2.75) is 12.1 Å². The van der Waals surface area contributed by atoms with Crippen molar-refractivity contribution in [2.24, 2.45) is 0 Å². The molecule has 0 aromatic heterocycles. The number of nitrogens with zero attached hydrogens (tertiary/aromatic N) is 1. The number of carboxylic acids is 1. The number of hydrogen-bond acceptors (Lipinski definition) is 3. The van der Waals surface area contributed by atoms with Crippen LogP contribution in [0.25, 0.3) is 0 Å². The number of fused-ring (bicyclic) bond motifs is 3. The Labute approximate surface area is 98.0 Å². The van der Waals surface area contributed by atoms with Gasteiger partial charge >= 0.3 is 5.97 Å². The van der Waals surface area contributed by atoms with Gasteiger partial charge in [-0.25, -0.2) is 0 Å². The van der Waals surface area contributed by atoms with Crippen LogP contribution in [0.3, 0.4) is 0 Å². The molecule has 2 aliphatic rings. The van der Waals surface area contributed by atoms with Crippen LogP contribution in [0.5, 0.6) is 0 Å². The van der Waals surface area contributed by atoms with Crippen molar-refractivity contribution in [2.75, 3.05) is 13.1 Å². The number of piperazine rings is 1. The summed E-state index contributed by atoms with van der Waals surface area (Å²) in [4.78, 5) is 25.0. The van der Waals surface area contributed by atoms with E-state index < -0.39 is 18.1 Å². The smallest absolute Gasteiger partial charge is 0.325 e. The molecule has 1 saturated heterocycles. The van der Waals surface area contributed by atoms with Crippen LogP contribution >= 0.6 is 0 Å². The highest BCUT2D eigenvalue weighted by Crippen LogP contribution is 2.42. The average Bonchev–Trinajstić information content (AvgIpc) is 2.64. The second kappa shape index (κ2) is 3.56. The van der Waals surface area contributed by atoms with Gasteiger partial charge in [0.05, 0.1) is 0 Å². The fourth-order valence-corrected chi connectivity index (χ4v) is 2.75. The molecule has 3 rings (SSSR count). The van der Waals surface area contributed by atoms with E-state index in [2.05, 4.69) is 5.32 Å². The summed E-state index contributed by atoms with van der Waals surface area (Å²) in [7, 11) is 0. The van der Waals surface area contributed by atoms with E-state index >= 15 is 0 Å². The molecule has 88 valence electrons. The van der Waals surface area contributed by atoms with E-state index in [0.29, 0.717) is 13.1 Å². The number of carbonyl (C=O) groups is 2. The van der Waals surface area contributed by atoms with Gasteiger partial charge in [-0.1, -0.05) is 24.3 Å². The number of nitrogens with one attached hydrogen (secondary N) is 1. The van der Waals surface area contributed by atoms with Crippen LogP contribution in [0.15, 0.2) is 24.3 Å². The number of amides is 1. The third-order valence-electron chi connectivity index (χ3n) is 3.40. The normalized spacial score (nSPS) is 27.2. The summed E-state index contributed by atoms with van der Waals surface area (Å²) in [5, 5.41) is 12.1. The third-order valence-corrected chi connectivity index (χ3v) is 3.40. The maximum absolute atomic E-state index is 11.9. The molecule has 5 nitrogen and oxygen atoms in total. The Morgan fingerprint density at radius 1 is 1.35 bits per heavy atom. The molecule has 0 aliphatic carbocycles. The standard InChI is InChI=1S/C12H12N2O3/c15-11-9-7-3-1-2-4-8(7)10(12(16)17)14(9)6-5-13-11/h1-4,9-10H,5-6H2,(H,13,15)(H,16,17). The Morgan fingerprint density at radius 3 is 2.76 bits per heavy atom. The van der Waals surface area contributed by atoms with Crippen LogP contribution in [0.1, 0.15) is 23.2 Å². The lowest BCUT2D eigenvalue weighted by Crippen LogP contribution is -2.49. The van der Waals surface area contributed by atoms with Gasteiger partial charge in [-0.15, -0.1) is 0 Å². The summed E-state index contributed by atoms with van der Waals surface area (Å²) in [5.41, 5.74) is 1.55. The van der Waals surface area contributed by atoms with Gasteiger partial charge in [0, 0.05) is 13.1 Å². The van der Waals surface area contributed by atoms with Crippen molar-refractivity contribution in [1.29, 1.82) is 0 Å². The molecule has 1 amide bonds. The Hall–Kier alpha value is -1.88. The van der Waals surface area contributed by atoms with Crippen LogP contribution in [-0.2, 0) is 9.59 Å². The third kappa shape index (κ3) is 1.36. The molecular formula is C12H12N2O3. The zero-order chi connectivity index (χ0) is 12.0. The SMILES string of the molecule is O=C(O)C1c2ccccc2C2C(=O)NCCN12. The summed E-state index contributed by atoms with van der Waals surface area (Å²) < 4.78 is 0. The zero-order valence-electron chi connectivity index (χ0n) is 9.09. The molecular weight excluding hydrogens is 220 g/mol. The van der Waals surface area contributed by atoms with E-state index in [1.807, 2.05) is 18.2 Å². The summed E-state index contributed by atoms with van der Waals surface area (Å²) in [6.07, 6.45) is 0. The van der Waals surface area contributed by atoms with Crippen LogP contribution in [0.4, 0.5) is 0 Å². The number of carboxylic acid groups (broad SMARTS) is 1. The Kier molecular flexibility index (Phi) is 2.16. The number of benzene rings is 1. The van der Waals surface area contributed by atoms with Crippen LogP contribution in [-0.4, -0.2) is 35.0 Å². The van der Waals surface area contributed by atoms with Gasteiger partial charge in [-0.05, 0) is 11.1 Å². The molecule has 0 bridgehead atoms. The average molecular weight is 232 g/mol. The predicted octanol–water partition coefficient (Wildman–Crippen LogP) is 0.299. The maximum Gasteiger partial charge on any atom is 0.325 e. The molecule has 0 radical (unpaired) electrons. The van der Waals surface area contributed by atoms with Gasteiger partial charge < -0.3 is 10.4 Å². The topological polar surface area (TPSA) is 69.6 Å². The molecule has 0 spiro atoms. The Balaban J connectivity index is 2.15. The van der Waals surface area contributed by atoms with Gasteiger partial charge in [0.15, 0.2) is 0 Å². The molecule has 2 heterocycles. The highest BCUT2D eigenvalue weighted by Gasteiger charge is 2.46. The predicted molar refractivity (Wildman–Crippen MR) is 59.3 cm³/mol. The minimum absolute atomic E-state index is 0.104. The van der Waals surface area contributed by atoms with Crippen molar-refractivity contribution in [1.82, 2.24) is 10.2 Å². The van der Waals surface area contributed by atoms with Gasteiger partial charge in [0.25, 0.3) is 0 Å². The van der Waals surface area contributed by atoms with Crippen molar-refractivity contribution >= 4 is 11.9 Å². The van der Waals surface area contributed by atoms with Crippen molar-refractivity contribution in [3.63, 3.8) is 0 Å². The van der Waals surface area contributed by atoms with E-state index in [0.717, 1.165) is 11.1 Å². The van der Waals surface area contributed by atoms with Crippen molar-refractivity contribution in [3.8, 4) is 0 Å². The fourth-order valence-electron chi connectivity index (χ4n) is 2.75. The highest BCUT2D eigenvalue weighted by molar-refractivity contribution is 5.89. The lowest BCUT2D eigenvalue weighted by atomic mass is 10.0. The number of hydrogen-bond donors (Lipinski definition) is 2. The van der Waals surface area contributed by atoms with Gasteiger partial charge in [-0.2, -0.15) is 0 Å². The molecule has 1 fully saturated rings. The summed E-state index contributed by atoms with van der Waals surface area (Å²) in [6, 6.07) is 6.14. The Bertz CT molecular complexity index is 475. The number of carbonyl (C=O) groups excluding carboxylic acids is 1. The van der Waals surface area contributed by atoms with E-state index in [-0.39, 0.29) is 5.91 Å². The van der Waals surface area contributed by atoms with E-state index in [1.165, 1.54) is 0 Å². The minimum atomic E-state index is -0.894. The first-order chi connectivity index (χ1) is 8.20. The van der Waals surface area contributed by atoms with Crippen molar-refractivity contribution < 1.29 is 14.7 Å². The van der Waals surface area contributed by atoms with E-state index in [4.69, 9.17) is 0 Å². The van der Waals surface area contributed by atoms with Gasteiger partial charge in [0.2, 0.25) is 5.91 Å². The summed E-state index contributed by atoms with van der Waals surface area (Å²) in [5.74, 6) is -0.998. The molecule has 17 heavy (non-hydrogen) atoms. The molecule has 5 heteroatoms. The molecule has 2 atom stereocenters.